The first-order chi connectivity index (χ1) is 14.6. The van der Waals surface area contributed by atoms with Gasteiger partial charge in [-0.3, -0.25) is 14.6 Å². The van der Waals surface area contributed by atoms with Crippen molar-refractivity contribution < 1.29 is 14.3 Å². The van der Waals surface area contributed by atoms with Crippen molar-refractivity contribution >= 4 is 22.8 Å². The van der Waals surface area contributed by atoms with Crippen molar-refractivity contribution in [1.82, 2.24) is 14.9 Å². The Balaban J connectivity index is 1.74. The molecule has 0 radical (unpaired) electrons. The first-order valence-electron chi connectivity index (χ1n) is 10.3. The third kappa shape index (κ3) is 4.03. The molecule has 0 aliphatic carbocycles. The molecule has 3 heterocycles. The molecule has 3 aromatic rings. The number of aryl methyl sites for hydroxylation is 1. The van der Waals surface area contributed by atoms with E-state index in [0.717, 1.165) is 40.6 Å². The molecule has 1 amide bonds. The predicted octanol–water partition coefficient (Wildman–Crippen LogP) is 4.02. The molecule has 1 aromatic carbocycles. The van der Waals surface area contributed by atoms with E-state index in [0.29, 0.717) is 25.3 Å². The second-order valence-electron chi connectivity index (χ2n) is 7.65. The van der Waals surface area contributed by atoms with Gasteiger partial charge < -0.3 is 9.64 Å². The van der Waals surface area contributed by atoms with Gasteiger partial charge in [0.2, 0.25) is 0 Å². The number of benzene rings is 1. The van der Waals surface area contributed by atoms with Crippen LogP contribution in [0.2, 0.25) is 0 Å². The molecular weight excluding hydrogens is 378 g/mol. The van der Waals surface area contributed by atoms with E-state index in [4.69, 9.17) is 9.72 Å². The smallest absolute Gasteiger partial charge is 0.310 e. The van der Waals surface area contributed by atoms with Crippen LogP contribution in [-0.4, -0.2) is 46.4 Å². The summed E-state index contributed by atoms with van der Waals surface area (Å²) in [5, 5.41) is 0.830. The first kappa shape index (κ1) is 20.0. The number of aromatic nitrogens is 2. The van der Waals surface area contributed by atoms with E-state index < -0.39 is 0 Å². The number of esters is 1. The van der Waals surface area contributed by atoms with E-state index in [1.165, 1.54) is 0 Å². The van der Waals surface area contributed by atoms with Crippen molar-refractivity contribution in [2.24, 2.45) is 5.92 Å². The summed E-state index contributed by atoms with van der Waals surface area (Å²) in [5.74, 6) is -0.558. The molecule has 154 valence electrons. The summed E-state index contributed by atoms with van der Waals surface area (Å²) in [7, 11) is 0. The number of hydrogen-bond acceptors (Lipinski definition) is 5. The van der Waals surface area contributed by atoms with Gasteiger partial charge in [0.15, 0.2) is 0 Å². The second kappa shape index (κ2) is 8.61. The molecular formula is C24H25N3O3. The first-order valence-corrected chi connectivity index (χ1v) is 10.3. The molecule has 0 N–H and O–H groups in total. The lowest BCUT2D eigenvalue weighted by atomic mass is 9.96. The molecule has 2 aromatic heterocycles. The minimum Gasteiger partial charge on any atom is -0.466 e. The highest BCUT2D eigenvalue weighted by Gasteiger charge is 2.30. The molecule has 0 bridgehead atoms. The standard InChI is InChI=1S/C24H25N3O3/c1-3-30-24(29)18-5-4-12-27(15-18)23(28)20-14-22(17-8-10-25-11-9-17)26-21-7-6-16(2)13-19(20)21/h6-11,13-14,18H,3-5,12,15H2,1-2H3. The number of amides is 1. The molecule has 1 fully saturated rings. The van der Waals surface area contributed by atoms with Gasteiger partial charge in [-0.25, -0.2) is 4.98 Å². The number of piperidine rings is 1. The monoisotopic (exact) mass is 403 g/mol. The van der Waals surface area contributed by atoms with Gasteiger partial charge in [-0.2, -0.15) is 0 Å². The van der Waals surface area contributed by atoms with Crippen LogP contribution in [0.5, 0.6) is 0 Å². The number of carbonyl (C=O) groups is 2. The van der Waals surface area contributed by atoms with Crippen LogP contribution in [-0.2, 0) is 9.53 Å². The molecule has 0 saturated carbocycles. The Hall–Kier alpha value is -3.28. The molecule has 6 heteroatoms. The molecule has 1 aliphatic heterocycles. The van der Waals surface area contributed by atoms with Gasteiger partial charge in [0.1, 0.15) is 0 Å². The zero-order chi connectivity index (χ0) is 21.1. The summed E-state index contributed by atoms with van der Waals surface area (Å²) in [6, 6.07) is 11.6. The zero-order valence-electron chi connectivity index (χ0n) is 17.3. The lowest BCUT2D eigenvalue weighted by molar-refractivity contribution is -0.149. The maximum atomic E-state index is 13.6. The van der Waals surface area contributed by atoms with Crippen molar-refractivity contribution in [3.05, 3.63) is 59.9 Å². The largest absolute Gasteiger partial charge is 0.466 e. The lowest BCUT2D eigenvalue weighted by Gasteiger charge is -2.32. The third-order valence-electron chi connectivity index (χ3n) is 5.50. The Morgan fingerprint density at radius 3 is 2.73 bits per heavy atom. The Kier molecular flexibility index (Phi) is 5.74. The maximum absolute atomic E-state index is 13.6. The quantitative estimate of drug-likeness (QED) is 0.615. The van der Waals surface area contributed by atoms with Crippen LogP contribution in [0.15, 0.2) is 48.8 Å². The van der Waals surface area contributed by atoms with E-state index in [-0.39, 0.29) is 17.8 Å². The van der Waals surface area contributed by atoms with Crippen LogP contribution < -0.4 is 0 Å². The van der Waals surface area contributed by atoms with Crippen LogP contribution in [0.25, 0.3) is 22.2 Å². The molecule has 6 nitrogen and oxygen atoms in total. The van der Waals surface area contributed by atoms with Gasteiger partial charge in [-0.15, -0.1) is 0 Å². The molecule has 1 unspecified atom stereocenters. The van der Waals surface area contributed by atoms with E-state index >= 15 is 0 Å². The fraction of sp³-hybridized carbons (Fsp3) is 0.333. The third-order valence-corrected chi connectivity index (χ3v) is 5.50. The van der Waals surface area contributed by atoms with Gasteiger partial charge in [-0.05, 0) is 57.0 Å². The average Bonchev–Trinajstić information content (AvgIpc) is 2.79. The highest BCUT2D eigenvalue weighted by atomic mass is 16.5. The lowest BCUT2D eigenvalue weighted by Crippen LogP contribution is -2.42. The Labute approximate surface area is 175 Å². The van der Waals surface area contributed by atoms with E-state index in [1.54, 1.807) is 24.2 Å². The van der Waals surface area contributed by atoms with Gasteiger partial charge in [-0.1, -0.05) is 11.6 Å². The zero-order valence-corrected chi connectivity index (χ0v) is 17.3. The number of rotatable bonds is 4. The molecule has 1 saturated heterocycles. The Morgan fingerprint density at radius 2 is 1.97 bits per heavy atom. The van der Waals surface area contributed by atoms with Crippen molar-refractivity contribution in [1.29, 1.82) is 0 Å². The second-order valence-corrected chi connectivity index (χ2v) is 7.65. The van der Waals surface area contributed by atoms with E-state index in [9.17, 15) is 9.59 Å². The summed E-state index contributed by atoms with van der Waals surface area (Å²) < 4.78 is 5.19. The minimum absolute atomic E-state index is 0.0719. The molecule has 30 heavy (non-hydrogen) atoms. The fourth-order valence-corrected chi connectivity index (χ4v) is 3.97. The van der Waals surface area contributed by atoms with Crippen molar-refractivity contribution in [3.8, 4) is 11.3 Å². The van der Waals surface area contributed by atoms with Gasteiger partial charge in [0.05, 0.1) is 29.3 Å². The predicted molar refractivity (Wildman–Crippen MR) is 115 cm³/mol. The fourth-order valence-electron chi connectivity index (χ4n) is 3.97. The van der Waals surface area contributed by atoms with E-state index in [1.807, 2.05) is 43.3 Å². The summed E-state index contributed by atoms with van der Waals surface area (Å²) >= 11 is 0. The number of pyridine rings is 2. The van der Waals surface area contributed by atoms with Crippen LogP contribution in [0.1, 0.15) is 35.7 Å². The van der Waals surface area contributed by atoms with E-state index in [2.05, 4.69) is 4.98 Å². The number of carbonyl (C=O) groups excluding carboxylic acids is 2. The van der Waals surface area contributed by atoms with Gasteiger partial charge in [0.25, 0.3) is 5.91 Å². The number of ether oxygens (including phenoxy) is 1. The van der Waals surface area contributed by atoms with Crippen LogP contribution >= 0.6 is 0 Å². The highest BCUT2D eigenvalue weighted by molar-refractivity contribution is 6.07. The van der Waals surface area contributed by atoms with Gasteiger partial charge >= 0.3 is 5.97 Å². The molecule has 1 atom stereocenters. The summed E-state index contributed by atoms with van der Waals surface area (Å²) in [4.78, 5) is 36.4. The Morgan fingerprint density at radius 1 is 1.17 bits per heavy atom. The Bertz CT molecular complexity index is 1080. The number of fused-ring (bicyclic) bond motifs is 1. The van der Waals surface area contributed by atoms with Crippen molar-refractivity contribution in [2.45, 2.75) is 26.7 Å². The van der Waals surface area contributed by atoms with Crippen molar-refractivity contribution in [2.75, 3.05) is 19.7 Å². The van der Waals surface area contributed by atoms with Crippen molar-refractivity contribution in [3.63, 3.8) is 0 Å². The SMILES string of the molecule is CCOC(=O)C1CCCN(C(=O)c2cc(-c3ccncc3)nc3ccc(C)cc23)C1. The summed E-state index contributed by atoms with van der Waals surface area (Å²) in [6.45, 7) is 5.18. The highest BCUT2D eigenvalue weighted by Crippen LogP contribution is 2.28. The molecule has 0 spiro atoms. The molecule has 4 rings (SSSR count). The maximum Gasteiger partial charge on any atom is 0.310 e. The average molecular weight is 403 g/mol. The van der Waals surface area contributed by atoms with Gasteiger partial charge in [0, 0.05) is 36.4 Å². The van der Waals surface area contributed by atoms with Crippen LogP contribution in [0.3, 0.4) is 0 Å². The minimum atomic E-state index is -0.267. The van der Waals surface area contributed by atoms with Crippen LogP contribution in [0.4, 0.5) is 0 Å². The number of nitrogens with zero attached hydrogens (tertiary/aromatic N) is 3. The van der Waals surface area contributed by atoms with Crippen LogP contribution in [0, 0.1) is 12.8 Å². The number of likely N-dealkylation sites (tertiary alicyclic amines) is 1. The summed E-state index contributed by atoms with van der Waals surface area (Å²) in [5.41, 5.74) is 4.09. The topological polar surface area (TPSA) is 72.4 Å². The normalized spacial score (nSPS) is 16.5. The number of hydrogen-bond donors (Lipinski definition) is 0. The molecule has 1 aliphatic rings. The summed E-state index contributed by atoms with van der Waals surface area (Å²) in [6.07, 6.45) is 4.97.